The lowest BCUT2D eigenvalue weighted by Gasteiger charge is -2.25. The van der Waals surface area contributed by atoms with Gasteiger partial charge in [-0.25, -0.2) is 5.90 Å². The van der Waals surface area contributed by atoms with Crippen LogP contribution in [0, 0.1) is 0 Å². The van der Waals surface area contributed by atoms with Gasteiger partial charge in [0.2, 0.25) is 0 Å². The summed E-state index contributed by atoms with van der Waals surface area (Å²) in [5.74, 6) is 5.06. The Morgan fingerprint density at radius 3 is 3.00 bits per heavy atom. The second-order valence-electron chi connectivity index (χ2n) is 3.33. The molecule has 1 rings (SSSR count). The highest BCUT2D eigenvalue weighted by atomic mass is 16.6. The van der Waals surface area contributed by atoms with E-state index in [0.29, 0.717) is 6.04 Å². The standard InChI is InChI=1S/C8H18N2O/c1-7(11-9)6-8-4-2-3-5-10-8/h7-8,10H,2-6,9H2,1H3. The molecule has 11 heavy (non-hydrogen) atoms. The molecule has 0 aliphatic carbocycles. The maximum Gasteiger partial charge on any atom is 0.0774 e. The molecule has 3 heteroatoms. The average molecular weight is 158 g/mol. The predicted molar refractivity (Wildman–Crippen MR) is 45.0 cm³/mol. The van der Waals surface area contributed by atoms with Crippen molar-refractivity contribution in [3.05, 3.63) is 0 Å². The molecule has 0 radical (unpaired) electrons. The van der Waals surface area contributed by atoms with E-state index < -0.39 is 0 Å². The van der Waals surface area contributed by atoms with Crippen LogP contribution >= 0.6 is 0 Å². The number of rotatable bonds is 3. The van der Waals surface area contributed by atoms with E-state index in [1.807, 2.05) is 6.92 Å². The minimum atomic E-state index is 0.186. The summed E-state index contributed by atoms with van der Waals surface area (Å²) in [6.45, 7) is 3.16. The Bertz CT molecular complexity index is 102. The third-order valence-corrected chi connectivity index (χ3v) is 2.26. The first kappa shape index (κ1) is 8.97. The van der Waals surface area contributed by atoms with E-state index in [-0.39, 0.29) is 6.10 Å². The van der Waals surface area contributed by atoms with E-state index in [0.717, 1.165) is 13.0 Å². The van der Waals surface area contributed by atoms with Crippen molar-refractivity contribution >= 4 is 0 Å². The summed E-state index contributed by atoms with van der Waals surface area (Å²) in [4.78, 5) is 4.71. The number of nitrogens with one attached hydrogen (secondary N) is 1. The fraction of sp³-hybridized carbons (Fsp3) is 1.00. The van der Waals surface area contributed by atoms with Crippen molar-refractivity contribution in [1.29, 1.82) is 0 Å². The number of hydrogen-bond acceptors (Lipinski definition) is 3. The number of piperidine rings is 1. The summed E-state index contributed by atoms with van der Waals surface area (Å²) in [5, 5.41) is 3.45. The van der Waals surface area contributed by atoms with Gasteiger partial charge in [-0.15, -0.1) is 0 Å². The van der Waals surface area contributed by atoms with Gasteiger partial charge >= 0.3 is 0 Å². The third-order valence-electron chi connectivity index (χ3n) is 2.26. The molecule has 1 aliphatic heterocycles. The van der Waals surface area contributed by atoms with E-state index in [9.17, 15) is 0 Å². The van der Waals surface area contributed by atoms with Gasteiger partial charge < -0.3 is 10.2 Å². The maximum absolute atomic E-state index is 5.06. The van der Waals surface area contributed by atoms with E-state index in [1.54, 1.807) is 0 Å². The van der Waals surface area contributed by atoms with Crippen molar-refractivity contribution < 1.29 is 4.84 Å². The van der Waals surface area contributed by atoms with Crippen LogP contribution in [0.2, 0.25) is 0 Å². The molecule has 0 spiro atoms. The first-order valence-corrected chi connectivity index (χ1v) is 4.42. The highest BCUT2D eigenvalue weighted by Gasteiger charge is 2.15. The van der Waals surface area contributed by atoms with Crippen molar-refractivity contribution in [1.82, 2.24) is 5.32 Å². The summed E-state index contributed by atoms with van der Waals surface area (Å²) in [6, 6.07) is 0.627. The van der Waals surface area contributed by atoms with Crippen LogP contribution in [0.25, 0.3) is 0 Å². The van der Waals surface area contributed by atoms with E-state index in [2.05, 4.69) is 5.32 Å². The summed E-state index contributed by atoms with van der Waals surface area (Å²) in [6.07, 6.45) is 5.15. The van der Waals surface area contributed by atoms with Crippen LogP contribution in [0.5, 0.6) is 0 Å². The Kier molecular flexibility index (Phi) is 3.83. The van der Waals surface area contributed by atoms with Crippen molar-refractivity contribution in [3.8, 4) is 0 Å². The van der Waals surface area contributed by atoms with Gasteiger partial charge in [-0.1, -0.05) is 6.42 Å². The second-order valence-corrected chi connectivity index (χ2v) is 3.33. The quantitative estimate of drug-likeness (QED) is 0.597. The SMILES string of the molecule is CC(CC1CCCCN1)ON. The van der Waals surface area contributed by atoms with Gasteiger partial charge in [0.25, 0.3) is 0 Å². The maximum atomic E-state index is 5.06. The fourth-order valence-corrected chi connectivity index (χ4v) is 1.58. The molecule has 0 aromatic rings. The van der Waals surface area contributed by atoms with Crippen LogP contribution < -0.4 is 11.2 Å². The Hall–Kier alpha value is -0.120. The topological polar surface area (TPSA) is 47.3 Å². The van der Waals surface area contributed by atoms with Gasteiger partial charge in [0.15, 0.2) is 0 Å². The Labute approximate surface area is 68.2 Å². The molecule has 66 valence electrons. The van der Waals surface area contributed by atoms with Crippen LogP contribution in [0.1, 0.15) is 32.6 Å². The summed E-state index contributed by atoms with van der Waals surface area (Å²) >= 11 is 0. The first-order valence-electron chi connectivity index (χ1n) is 4.42. The molecule has 2 atom stereocenters. The Morgan fingerprint density at radius 2 is 2.45 bits per heavy atom. The fourth-order valence-electron chi connectivity index (χ4n) is 1.58. The zero-order chi connectivity index (χ0) is 8.10. The molecule has 0 saturated carbocycles. The predicted octanol–water partition coefficient (Wildman–Crippen LogP) is 0.797. The lowest BCUT2D eigenvalue weighted by atomic mass is 10.00. The minimum absolute atomic E-state index is 0.186. The van der Waals surface area contributed by atoms with Crippen LogP contribution in [0.15, 0.2) is 0 Å². The summed E-state index contributed by atoms with van der Waals surface area (Å²) < 4.78 is 0. The molecule has 1 saturated heterocycles. The lowest BCUT2D eigenvalue weighted by Crippen LogP contribution is -2.37. The molecule has 1 fully saturated rings. The van der Waals surface area contributed by atoms with Gasteiger partial charge in [-0.3, -0.25) is 0 Å². The average Bonchev–Trinajstić information content (AvgIpc) is 2.06. The zero-order valence-corrected chi connectivity index (χ0v) is 7.18. The van der Waals surface area contributed by atoms with Crippen LogP contribution in [-0.2, 0) is 4.84 Å². The minimum Gasteiger partial charge on any atom is -0.314 e. The molecule has 1 aliphatic rings. The smallest absolute Gasteiger partial charge is 0.0774 e. The molecule has 0 aromatic heterocycles. The monoisotopic (exact) mass is 158 g/mol. The lowest BCUT2D eigenvalue weighted by molar-refractivity contribution is 0.0507. The molecule has 0 bridgehead atoms. The molecule has 3 nitrogen and oxygen atoms in total. The highest BCUT2D eigenvalue weighted by Crippen LogP contribution is 2.12. The molecular weight excluding hydrogens is 140 g/mol. The summed E-state index contributed by atoms with van der Waals surface area (Å²) in [7, 11) is 0. The van der Waals surface area contributed by atoms with Crippen molar-refractivity contribution in [3.63, 3.8) is 0 Å². The van der Waals surface area contributed by atoms with Gasteiger partial charge in [-0.05, 0) is 32.7 Å². The van der Waals surface area contributed by atoms with Gasteiger partial charge in [0, 0.05) is 6.04 Å². The van der Waals surface area contributed by atoms with Crippen LogP contribution in [0.3, 0.4) is 0 Å². The third kappa shape index (κ3) is 3.18. The van der Waals surface area contributed by atoms with Gasteiger partial charge in [-0.2, -0.15) is 0 Å². The number of nitrogens with two attached hydrogens (primary N) is 1. The van der Waals surface area contributed by atoms with Crippen molar-refractivity contribution in [2.45, 2.75) is 44.8 Å². The van der Waals surface area contributed by atoms with Crippen LogP contribution in [0.4, 0.5) is 0 Å². The highest BCUT2D eigenvalue weighted by molar-refractivity contribution is 4.73. The molecule has 0 aromatic carbocycles. The summed E-state index contributed by atoms with van der Waals surface area (Å²) in [5.41, 5.74) is 0. The molecule has 2 unspecified atom stereocenters. The van der Waals surface area contributed by atoms with Crippen molar-refractivity contribution in [2.24, 2.45) is 5.90 Å². The van der Waals surface area contributed by atoms with E-state index in [4.69, 9.17) is 10.7 Å². The first-order chi connectivity index (χ1) is 5.33. The largest absolute Gasteiger partial charge is 0.314 e. The second kappa shape index (κ2) is 4.70. The molecular formula is C8H18N2O. The Morgan fingerprint density at radius 1 is 1.64 bits per heavy atom. The van der Waals surface area contributed by atoms with E-state index >= 15 is 0 Å². The van der Waals surface area contributed by atoms with Gasteiger partial charge in [0.1, 0.15) is 0 Å². The number of hydrogen-bond donors (Lipinski definition) is 2. The zero-order valence-electron chi connectivity index (χ0n) is 7.18. The molecule has 0 amide bonds. The Balaban J connectivity index is 2.13. The van der Waals surface area contributed by atoms with Gasteiger partial charge in [0.05, 0.1) is 6.10 Å². The molecule has 3 N–H and O–H groups in total. The van der Waals surface area contributed by atoms with Crippen molar-refractivity contribution in [2.75, 3.05) is 6.54 Å². The van der Waals surface area contributed by atoms with E-state index in [1.165, 1.54) is 19.3 Å². The normalized spacial score (nSPS) is 28.4. The van der Waals surface area contributed by atoms with Crippen LogP contribution in [-0.4, -0.2) is 18.7 Å². The molecule has 1 heterocycles.